The van der Waals surface area contributed by atoms with Gasteiger partial charge in [0.05, 0.1) is 23.8 Å². The van der Waals surface area contributed by atoms with Gasteiger partial charge >= 0.3 is 0 Å². The average Bonchev–Trinajstić information content (AvgIpc) is 2.46. The van der Waals surface area contributed by atoms with Crippen LogP contribution in [0.2, 0.25) is 0 Å². The lowest BCUT2D eigenvalue weighted by Crippen LogP contribution is -2.24. The molecule has 0 radical (unpaired) electrons. The van der Waals surface area contributed by atoms with Crippen LogP contribution in [0.25, 0.3) is 0 Å². The summed E-state index contributed by atoms with van der Waals surface area (Å²) in [6.45, 7) is 6.02. The Kier molecular flexibility index (Phi) is 7.06. The van der Waals surface area contributed by atoms with Crippen LogP contribution in [0.5, 0.6) is 5.75 Å². The van der Waals surface area contributed by atoms with Crippen molar-refractivity contribution in [3.63, 3.8) is 0 Å². The lowest BCUT2D eigenvalue weighted by molar-refractivity contribution is -0.0107. The van der Waals surface area contributed by atoms with Gasteiger partial charge in [0.2, 0.25) is 0 Å². The molecule has 0 saturated carbocycles. The molecule has 0 heterocycles. The Morgan fingerprint density at radius 3 is 2.70 bits per heavy atom. The lowest BCUT2D eigenvalue weighted by atomic mass is 10.1. The van der Waals surface area contributed by atoms with Crippen LogP contribution in [0.3, 0.4) is 0 Å². The van der Waals surface area contributed by atoms with Gasteiger partial charge in [-0.2, -0.15) is 5.26 Å². The summed E-state index contributed by atoms with van der Waals surface area (Å²) in [5.41, 5.74) is 0.481. The molecule has 0 N–H and O–H groups in total. The van der Waals surface area contributed by atoms with Crippen LogP contribution < -0.4 is 4.74 Å². The van der Waals surface area contributed by atoms with Crippen LogP contribution >= 0.6 is 0 Å². The van der Waals surface area contributed by atoms with Gasteiger partial charge in [-0.25, -0.2) is 0 Å². The van der Waals surface area contributed by atoms with E-state index in [4.69, 9.17) is 19.5 Å². The minimum atomic E-state index is -0.131. The summed E-state index contributed by atoms with van der Waals surface area (Å²) in [4.78, 5) is 0. The molecule has 0 fully saturated rings. The maximum absolute atomic E-state index is 8.78. The molecule has 1 rings (SSSR count). The van der Waals surface area contributed by atoms with E-state index in [1.54, 1.807) is 19.2 Å². The molecule has 110 valence electrons. The number of hydrogen-bond acceptors (Lipinski definition) is 4. The van der Waals surface area contributed by atoms with E-state index in [9.17, 15) is 0 Å². The molecule has 0 saturated heterocycles. The molecule has 0 aliphatic heterocycles. The summed E-state index contributed by atoms with van der Waals surface area (Å²) in [5, 5.41) is 8.78. The zero-order valence-corrected chi connectivity index (χ0v) is 12.5. The van der Waals surface area contributed by atoms with E-state index in [1.807, 2.05) is 26.0 Å². The maximum atomic E-state index is 8.78. The van der Waals surface area contributed by atoms with Crippen molar-refractivity contribution in [3.8, 4) is 11.8 Å². The van der Waals surface area contributed by atoms with E-state index in [-0.39, 0.29) is 5.60 Å². The quantitative estimate of drug-likeness (QED) is 0.651. The van der Waals surface area contributed by atoms with Gasteiger partial charge in [-0.15, -0.1) is 0 Å². The summed E-state index contributed by atoms with van der Waals surface area (Å²) in [6, 6.07) is 9.25. The second kappa shape index (κ2) is 8.57. The van der Waals surface area contributed by atoms with Crippen molar-refractivity contribution in [1.29, 1.82) is 5.26 Å². The molecular weight excluding hydrogens is 254 g/mol. The molecule has 0 spiro atoms. The third-order valence-electron chi connectivity index (χ3n) is 3.07. The van der Waals surface area contributed by atoms with E-state index >= 15 is 0 Å². The summed E-state index contributed by atoms with van der Waals surface area (Å²) in [6.07, 6.45) is 1.69. The Morgan fingerprint density at radius 1 is 1.20 bits per heavy atom. The first kappa shape index (κ1) is 16.5. The van der Waals surface area contributed by atoms with Gasteiger partial charge in [0.1, 0.15) is 5.75 Å². The molecule has 0 aromatic heterocycles. The van der Waals surface area contributed by atoms with Gasteiger partial charge in [0.25, 0.3) is 0 Å². The lowest BCUT2D eigenvalue weighted by Gasteiger charge is -2.22. The highest BCUT2D eigenvalue weighted by Crippen LogP contribution is 2.13. The van der Waals surface area contributed by atoms with E-state index in [1.165, 1.54) is 0 Å². The first-order chi connectivity index (χ1) is 9.57. The number of nitrogens with zero attached hydrogens (tertiary/aromatic N) is 1. The normalized spacial score (nSPS) is 11.1. The van der Waals surface area contributed by atoms with Gasteiger partial charge in [-0.05, 0) is 38.5 Å². The van der Waals surface area contributed by atoms with Crippen molar-refractivity contribution in [1.82, 2.24) is 0 Å². The Balaban J connectivity index is 2.09. The van der Waals surface area contributed by atoms with Gasteiger partial charge in [0, 0.05) is 26.7 Å². The monoisotopic (exact) mass is 277 g/mol. The van der Waals surface area contributed by atoms with Gasteiger partial charge in [-0.3, -0.25) is 0 Å². The third-order valence-corrected chi connectivity index (χ3v) is 3.07. The minimum Gasteiger partial charge on any atom is -0.493 e. The predicted molar refractivity (Wildman–Crippen MR) is 77.8 cm³/mol. The van der Waals surface area contributed by atoms with Crippen LogP contribution in [0.1, 0.15) is 32.3 Å². The smallest absolute Gasteiger partial charge is 0.120 e. The molecule has 0 bridgehead atoms. The third kappa shape index (κ3) is 6.55. The van der Waals surface area contributed by atoms with E-state index in [0.29, 0.717) is 25.4 Å². The fourth-order valence-electron chi connectivity index (χ4n) is 1.53. The SMILES string of the molecule is COC(C)(C)CCOCCCOc1cccc(C#N)c1. The summed E-state index contributed by atoms with van der Waals surface area (Å²) < 4.78 is 16.4. The number of benzene rings is 1. The van der Waals surface area contributed by atoms with Crippen molar-refractivity contribution in [2.45, 2.75) is 32.3 Å². The van der Waals surface area contributed by atoms with Crippen LogP contribution in [-0.2, 0) is 9.47 Å². The highest BCUT2D eigenvalue weighted by Gasteiger charge is 2.15. The molecule has 0 atom stereocenters. The first-order valence-electron chi connectivity index (χ1n) is 6.83. The van der Waals surface area contributed by atoms with Crippen LogP contribution in [0, 0.1) is 11.3 Å². The van der Waals surface area contributed by atoms with Crippen molar-refractivity contribution >= 4 is 0 Å². The second-order valence-corrected chi connectivity index (χ2v) is 5.17. The molecule has 0 amide bonds. The molecule has 20 heavy (non-hydrogen) atoms. The van der Waals surface area contributed by atoms with Crippen LogP contribution in [0.4, 0.5) is 0 Å². The Labute approximate surface area is 121 Å². The summed E-state index contributed by atoms with van der Waals surface area (Å²) >= 11 is 0. The average molecular weight is 277 g/mol. The maximum Gasteiger partial charge on any atom is 0.120 e. The Hall–Kier alpha value is -1.57. The van der Waals surface area contributed by atoms with Crippen molar-refractivity contribution in [2.24, 2.45) is 0 Å². The molecule has 4 heteroatoms. The number of methoxy groups -OCH3 is 1. The van der Waals surface area contributed by atoms with E-state index in [2.05, 4.69) is 6.07 Å². The summed E-state index contributed by atoms with van der Waals surface area (Å²) in [7, 11) is 1.71. The Morgan fingerprint density at radius 2 is 2.00 bits per heavy atom. The van der Waals surface area contributed by atoms with Crippen LogP contribution in [-0.4, -0.2) is 32.5 Å². The van der Waals surface area contributed by atoms with Gasteiger partial charge < -0.3 is 14.2 Å². The summed E-state index contributed by atoms with van der Waals surface area (Å²) in [5.74, 6) is 0.726. The zero-order chi connectivity index (χ0) is 14.8. The van der Waals surface area contributed by atoms with E-state index in [0.717, 1.165) is 18.6 Å². The fourth-order valence-corrected chi connectivity index (χ4v) is 1.53. The van der Waals surface area contributed by atoms with Crippen molar-refractivity contribution in [2.75, 3.05) is 26.9 Å². The molecule has 0 unspecified atom stereocenters. The molecule has 0 aliphatic rings. The second-order valence-electron chi connectivity index (χ2n) is 5.17. The van der Waals surface area contributed by atoms with Gasteiger partial charge in [-0.1, -0.05) is 6.07 Å². The molecular formula is C16H23NO3. The number of ether oxygens (including phenoxy) is 3. The first-order valence-corrected chi connectivity index (χ1v) is 6.83. The standard InChI is InChI=1S/C16H23NO3/c1-16(2,18-3)8-11-19-9-5-10-20-15-7-4-6-14(12-15)13-17/h4,6-7,12H,5,8-11H2,1-3H3. The fraction of sp³-hybridized carbons (Fsp3) is 0.562. The van der Waals surface area contributed by atoms with Crippen molar-refractivity contribution < 1.29 is 14.2 Å². The highest BCUT2D eigenvalue weighted by atomic mass is 16.5. The molecule has 1 aromatic carbocycles. The Bertz CT molecular complexity index is 438. The van der Waals surface area contributed by atoms with E-state index < -0.39 is 0 Å². The number of nitriles is 1. The van der Waals surface area contributed by atoms with Crippen molar-refractivity contribution in [3.05, 3.63) is 29.8 Å². The zero-order valence-electron chi connectivity index (χ0n) is 12.5. The van der Waals surface area contributed by atoms with Gasteiger partial charge in [0.15, 0.2) is 0 Å². The predicted octanol–water partition coefficient (Wildman–Crippen LogP) is 3.16. The van der Waals surface area contributed by atoms with Crippen LogP contribution in [0.15, 0.2) is 24.3 Å². The number of hydrogen-bond donors (Lipinski definition) is 0. The molecule has 4 nitrogen and oxygen atoms in total. The number of rotatable bonds is 9. The highest BCUT2D eigenvalue weighted by molar-refractivity contribution is 5.36. The topological polar surface area (TPSA) is 51.5 Å². The largest absolute Gasteiger partial charge is 0.493 e. The molecule has 0 aliphatic carbocycles. The minimum absolute atomic E-state index is 0.131. The molecule has 1 aromatic rings.